The van der Waals surface area contributed by atoms with E-state index in [2.05, 4.69) is 12.2 Å². The van der Waals surface area contributed by atoms with E-state index in [0.717, 1.165) is 5.92 Å². The van der Waals surface area contributed by atoms with Crippen LogP contribution in [0.1, 0.15) is 25.3 Å². The minimum Gasteiger partial charge on any atom is -0.497 e. The Bertz CT molecular complexity index is 363. The highest BCUT2D eigenvalue weighted by molar-refractivity contribution is 5.28. The number of methoxy groups -OCH3 is 1. The predicted molar refractivity (Wildman–Crippen MR) is 62.0 cm³/mol. The first kappa shape index (κ1) is 11.4. The first-order valence-corrected chi connectivity index (χ1v) is 5.76. The Labute approximate surface area is 95.8 Å². The predicted octanol–water partition coefficient (Wildman–Crippen LogP) is 2.72. The van der Waals surface area contributed by atoms with Gasteiger partial charge in [0.15, 0.2) is 0 Å². The topological polar surface area (TPSA) is 21.3 Å². The van der Waals surface area contributed by atoms with Crippen LogP contribution in [-0.2, 0) is 6.54 Å². The molecule has 0 aliphatic heterocycles. The van der Waals surface area contributed by atoms with E-state index in [9.17, 15) is 4.39 Å². The van der Waals surface area contributed by atoms with Crippen molar-refractivity contribution in [2.45, 2.75) is 32.4 Å². The molecule has 0 radical (unpaired) electrons. The lowest BCUT2D eigenvalue weighted by Gasteiger charge is -2.13. The van der Waals surface area contributed by atoms with E-state index in [1.165, 1.54) is 18.9 Å². The molecule has 0 spiro atoms. The molecular weight excluding hydrogens is 205 g/mol. The van der Waals surface area contributed by atoms with Crippen LogP contribution < -0.4 is 10.1 Å². The van der Waals surface area contributed by atoms with Gasteiger partial charge >= 0.3 is 0 Å². The Morgan fingerprint density at radius 1 is 1.50 bits per heavy atom. The van der Waals surface area contributed by atoms with Crippen LogP contribution in [0.5, 0.6) is 5.75 Å². The summed E-state index contributed by atoms with van der Waals surface area (Å²) in [6.45, 7) is 2.76. The van der Waals surface area contributed by atoms with Gasteiger partial charge in [0.05, 0.1) is 7.11 Å². The number of hydrogen-bond acceptors (Lipinski definition) is 2. The van der Waals surface area contributed by atoms with Crippen LogP contribution in [0.25, 0.3) is 0 Å². The zero-order valence-electron chi connectivity index (χ0n) is 9.79. The van der Waals surface area contributed by atoms with E-state index in [4.69, 9.17) is 4.74 Å². The second-order valence-corrected chi connectivity index (χ2v) is 4.46. The third kappa shape index (κ3) is 2.73. The Kier molecular flexibility index (Phi) is 3.44. The number of benzene rings is 1. The van der Waals surface area contributed by atoms with Crippen molar-refractivity contribution in [1.29, 1.82) is 0 Å². The van der Waals surface area contributed by atoms with Gasteiger partial charge in [-0.1, -0.05) is 6.07 Å². The average molecular weight is 223 g/mol. The molecule has 1 aliphatic rings. The highest BCUT2D eigenvalue weighted by atomic mass is 19.1. The maximum Gasteiger partial charge on any atom is 0.131 e. The Hall–Kier alpha value is -1.09. The average Bonchev–Trinajstić information content (AvgIpc) is 3.10. The molecule has 1 aromatic carbocycles. The summed E-state index contributed by atoms with van der Waals surface area (Å²) in [6, 6.07) is 5.49. The summed E-state index contributed by atoms with van der Waals surface area (Å²) >= 11 is 0. The smallest absolute Gasteiger partial charge is 0.131 e. The quantitative estimate of drug-likeness (QED) is 0.828. The van der Waals surface area contributed by atoms with Crippen LogP contribution in [-0.4, -0.2) is 13.2 Å². The molecule has 2 nitrogen and oxygen atoms in total. The summed E-state index contributed by atoms with van der Waals surface area (Å²) in [6.07, 6.45) is 2.61. The van der Waals surface area contributed by atoms with Crippen molar-refractivity contribution in [1.82, 2.24) is 5.32 Å². The molecule has 1 saturated carbocycles. The van der Waals surface area contributed by atoms with Gasteiger partial charge < -0.3 is 10.1 Å². The van der Waals surface area contributed by atoms with Gasteiger partial charge in [0.25, 0.3) is 0 Å². The lowest BCUT2D eigenvalue weighted by molar-refractivity contribution is 0.410. The first-order valence-electron chi connectivity index (χ1n) is 5.76. The lowest BCUT2D eigenvalue weighted by Crippen LogP contribution is -2.27. The van der Waals surface area contributed by atoms with Gasteiger partial charge in [0.1, 0.15) is 11.6 Å². The number of ether oxygens (including phenoxy) is 1. The van der Waals surface area contributed by atoms with Crippen molar-refractivity contribution in [2.75, 3.05) is 7.11 Å². The van der Waals surface area contributed by atoms with Crippen LogP contribution in [0.3, 0.4) is 0 Å². The maximum atomic E-state index is 13.6. The highest BCUT2D eigenvalue weighted by Gasteiger charge is 2.27. The van der Waals surface area contributed by atoms with Crippen molar-refractivity contribution < 1.29 is 9.13 Å². The van der Waals surface area contributed by atoms with Gasteiger partial charge in [-0.2, -0.15) is 0 Å². The molecule has 1 fully saturated rings. The van der Waals surface area contributed by atoms with Crippen LogP contribution in [0, 0.1) is 11.7 Å². The molecule has 0 bridgehead atoms. The van der Waals surface area contributed by atoms with Gasteiger partial charge in [0.2, 0.25) is 0 Å². The fraction of sp³-hybridized carbons (Fsp3) is 0.538. The van der Waals surface area contributed by atoms with Crippen molar-refractivity contribution >= 4 is 0 Å². The minimum atomic E-state index is -0.199. The Morgan fingerprint density at radius 3 is 2.81 bits per heavy atom. The third-order valence-electron chi connectivity index (χ3n) is 3.20. The lowest BCUT2D eigenvalue weighted by atomic mass is 10.1. The normalized spacial score (nSPS) is 17.2. The second-order valence-electron chi connectivity index (χ2n) is 4.46. The van der Waals surface area contributed by atoms with Gasteiger partial charge in [0, 0.05) is 24.2 Å². The molecule has 88 valence electrons. The standard InChI is InChI=1S/C13H18FNO/c1-9(10-3-4-10)15-8-11-5-6-12(16-2)7-13(11)14/h5-7,9-10,15H,3-4,8H2,1-2H3. The molecule has 3 heteroatoms. The number of hydrogen-bond donors (Lipinski definition) is 1. The van der Waals surface area contributed by atoms with Gasteiger partial charge in [-0.3, -0.25) is 0 Å². The second kappa shape index (κ2) is 4.83. The molecule has 16 heavy (non-hydrogen) atoms. The third-order valence-corrected chi connectivity index (χ3v) is 3.20. The van der Waals surface area contributed by atoms with E-state index in [1.54, 1.807) is 19.2 Å². The van der Waals surface area contributed by atoms with E-state index in [0.29, 0.717) is 23.9 Å². The van der Waals surface area contributed by atoms with Crippen molar-refractivity contribution in [3.63, 3.8) is 0 Å². The summed E-state index contributed by atoms with van der Waals surface area (Å²) in [5.74, 6) is 1.16. The van der Waals surface area contributed by atoms with E-state index in [-0.39, 0.29) is 5.82 Å². The SMILES string of the molecule is COc1ccc(CNC(C)C2CC2)c(F)c1. The number of nitrogens with one attached hydrogen (secondary N) is 1. The van der Waals surface area contributed by atoms with Gasteiger partial charge in [-0.15, -0.1) is 0 Å². The molecule has 0 aromatic heterocycles. The number of halogens is 1. The molecular formula is C13H18FNO. The maximum absolute atomic E-state index is 13.6. The van der Waals surface area contributed by atoms with Crippen LogP contribution >= 0.6 is 0 Å². The summed E-state index contributed by atoms with van der Waals surface area (Å²) in [7, 11) is 1.54. The molecule has 1 aromatic rings. The van der Waals surface area contributed by atoms with Crippen molar-refractivity contribution in [2.24, 2.45) is 5.92 Å². The van der Waals surface area contributed by atoms with Gasteiger partial charge in [-0.05, 0) is 31.7 Å². The zero-order chi connectivity index (χ0) is 11.5. The molecule has 1 N–H and O–H groups in total. The summed E-state index contributed by atoms with van der Waals surface area (Å²) < 4.78 is 18.5. The van der Waals surface area contributed by atoms with E-state index < -0.39 is 0 Å². The van der Waals surface area contributed by atoms with E-state index >= 15 is 0 Å². The molecule has 0 heterocycles. The Balaban J connectivity index is 1.92. The van der Waals surface area contributed by atoms with Gasteiger partial charge in [-0.25, -0.2) is 4.39 Å². The first-order chi connectivity index (χ1) is 7.70. The molecule has 1 atom stereocenters. The van der Waals surface area contributed by atoms with Crippen LogP contribution in [0.15, 0.2) is 18.2 Å². The van der Waals surface area contributed by atoms with Crippen LogP contribution in [0.4, 0.5) is 4.39 Å². The number of rotatable bonds is 5. The summed E-state index contributed by atoms with van der Waals surface area (Å²) in [5.41, 5.74) is 0.702. The summed E-state index contributed by atoms with van der Waals surface area (Å²) in [4.78, 5) is 0. The van der Waals surface area contributed by atoms with Crippen molar-refractivity contribution in [3.05, 3.63) is 29.6 Å². The fourth-order valence-electron chi connectivity index (χ4n) is 1.83. The largest absolute Gasteiger partial charge is 0.497 e. The molecule has 0 amide bonds. The molecule has 0 saturated heterocycles. The van der Waals surface area contributed by atoms with Crippen molar-refractivity contribution in [3.8, 4) is 5.75 Å². The molecule has 2 rings (SSSR count). The monoisotopic (exact) mass is 223 g/mol. The van der Waals surface area contributed by atoms with E-state index in [1.807, 2.05) is 0 Å². The van der Waals surface area contributed by atoms with Crippen LogP contribution in [0.2, 0.25) is 0 Å². The zero-order valence-corrected chi connectivity index (χ0v) is 9.79. The fourth-order valence-corrected chi connectivity index (χ4v) is 1.83. The highest BCUT2D eigenvalue weighted by Crippen LogP contribution is 2.32. The molecule has 1 aliphatic carbocycles. The Morgan fingerprint density at radius 2 is 2.25 bits per heavy atom. The summed E-state index contributed by atoms with van der Waals surface area (Å²) in [5, 5.41) is 3.36. The minimum absolute atomic E-state index is 0.199. The molecule has 1 unspecified atom stereocenters.